The molecule has 84 valence electrons. The van der Waals surface area contributed by atoms with E-state index in [1.165, 1.54) is 22.9 Å². The van der Waals surface area contributed by atoms with Crippen LogP contribution < -0.4 is 0 Å². The number of hydrogen-bond donors (Lipinski definition) is 4. The van der Waals surface area contributed by atoms with Crippen molar-refractivity contribution in [2.75, 3.05) is 0 Å². The summed E-state index contributed by atoms with van der Waals surface area (Å²) in [5.41, 5.74) is 0.477. The Morgan fingerprint density at radius 1 is 1.38 bits per heavy atom. The maximum absolute atomic E-state index is 9.61. The lowest BCUT2D eigenvalue weighted by molar-refractivity contribution is -0.0425. The van der Waals surface area contributed by atoms with E-state index < -0.39 is 6.29 Å². The molecule has 0 atom stereocenters. The molecule has 0 spiro atoms. The number of aliphatic hydroxyl groups excluding tert-OH is 1. The molecule has 2 aromatic rings. The fourth-order valence-corrected chi connectivity index (χ4v) is 1.41. The first-order chi connectivity index (χ1) is 7.59. The number of tetrazole rings is 1. The number of rotatable bonds is 2. The van der Waals surface area contributed by atoms with Gasteiger partial charge in [0.1, 0.15) is 11.4 Å². The van der Waals surface area contributed by atoms with Gasteiger partial charge in [0.15, 0.2) is 6.29 Å². The molecule has 1 heterocycles. The Hall–Kier alpha value is -1.77. The van der Waals surface area contributed by atoms with Crippen LogP contribution >= 0.6 is 12.2 Å². The molecular weight excluding hydrogens is 232 g/mol. The zero-order valence-electron chi connectivity index (χ0n) is 7.90. The van der Waals surface area contributed by atoms with Gasteiger partial charge in [-0.1, -0.05) is 16.4 Å². The Morgan fingerprint density at radius 2 is 2.12 bits per heavy atom. The van der Waals surface area contributed by atoms with Gasteiger partial charge >= 0.3 is 0 Å². The molecule has 0 fully saturated rings. The minimum Gasteiger partial charge on any atom is -0.506 e. The molecule has 7 nitrogen and oxygen atoms in total. The Kier molecular flexibility index (Phi) is 2.69. The van der Waals surface area contributed by atoms with Crippen molar-refractivity contribution in [3.63, 3.8) is 0 Å². The van der Waals surface area contributed by atoms with Gasteiger partial charge in [0.05, 0.1) is 0 Å². The summed E-state index contributed by atoms with van der Waals surface area (Å²) in [6.45, 7) is 0. The maximum Gasteiger partial charge on any atom is 0.243 e. The minimum atomic E-state index is -1.62. The third-order valence-corrected chi connectivity index (χ3v) is 2.27. The summed E-state index contributed by atoms with van der Waals surface area (Å²) >= 11 is 4.86. The number of benzene rings is 1. The smallest absolute Gasteiger partial charge is 0.243 e. The predicted octanol–water partition coefficient (Wildman–Crippen LogP) is 0.0137. The van der Waals surface area contributed by atoms with Gasteiger partial charge in [-0.05, 0) is 24.4 Å². The van der Waals surface area contributed by atoms with Crippen molar-refractivity contribution in [3.8, 4) is 11.4 Å². The van der Waals surface area contributed by atoms with E-state index >= 15 is 0 Å². The molecule has 0 aliphatic carbocycles. The predicted molar refractivity (Wildman–Crippen MR) is 55.4 cm³/mol. The van der Waals surface area contributed by atoms with Gasteiger partial charge in [0.2, 0.25) is 4.77 Å². The summed E-state index contributed by atoms with van der Waals surface area (Å²) in [5.74, 6) is -0.0773. The number of nitrogens with one attached hydrogen (secondary N) is 1. The number of hydrogen-bond acceptors (Lipinski definition) is 6. The molecular formula is C8H8N4O3S. The van der Waals surface area contributed by atoms with Crippen LogP contribution in [0.3, 0.4) is 0 Å². The van der Waals surface area contributed by atoms with Gasteiger partial charge in [-0.3, -0.25) is 0 Å². The van der Waals surface area contributed by atoms with E-state index in [2.05, 4.69) is 15.5 Å². The lowest BCUT2D eigenvalue weighted by Gasteiger charge is -2.08. The zero-order valence-corrected chi connectivity index (χ0v) is 8.72. The van der Waals surface area contributed by atoms with Crippen LogP contribution in [0.1, 0.15) is 11.9 Å². The zero-order chi connectivity index (χ0) is 11.7. The van der Waals surface area contributed by atoms with Crippen LogP contribution in [0.4, 0.5) is 0 Å². The summed E-state index contributed by atoms with van der Waals surface area (Å²) in [4.78, 5) is 0. The van der Waals surface area contributed by atoms with Gasteiger partial charge in [0.25, 0.3) is 0 Å². The van der Waals surface area contributed by atoms with E-state index in [9.17, 15) is 5.11 Å². The second-order valence-corrected chi connectivity index (χ2v) is 3.40. The van der Waals surface area contributed by atoms with Crippen molar-refractivity contribution < 1.29 is 15.3 Å². The van der Waals surface area contributed by atoms with Crippen LogP contribution in [0.2, 0.25) is 0 Å². The van der Waals surface area contributed by atoms with E-state index in [4.69, 9.17) is 22.4 Å². The summed E-state index contributed by atoms with van der Waals surface area (Å²) in [7, 11) is 0. The molecule has 1 aromatic heterocycles. The number of phenolic OH excluding ortho intramolecular Hbond substituents is 1. The standard InChI is InChI=1S/C8H8N4O3S/c13-6-2-1-4(7(14)15)3-5(6)12-8(16)9-10-11-12/h1-3,7,13-15H,(H,9,11,16). The third kappa shape index (κ3) is 1.81. The molecule has 0 unspecified atom stereocenters. The van der Waals surface area contributed by atoms with E-state index in [1.807, 2.05) is 0 Å². The number of aliphatic hydroxyl groups is 2. The van der Waals surface area contributed by atoms with Crippen molar-refractivity contribution in [1.82, 2.24) is 20.2 Å². The summed E-state index contributed by atoms with van der Waals surface area (Å²) in [5, 5.41) is 37.1. The topological polar surface area (TPSA) is 107 Å². The number of aromatic amines is 1. The molecule has 0 saturated heterocycles. The van der Waals surface area contributed by atoms with Gasteiger partial charge in [-0.25, -0.2) is 4.68 Å². The first-order valence-electron chi connectivity index (χ1n) is 4.29. The van der Waals surface area contributed by atoms with E-state index in [-0.39, 0.29) is 21.8 Å². The SMILES string of the molecule is Oc1ccc(C(O)O)cc1-n1[nH]nnc1=S. The molecule has 8 heteroatoms. The number of nitrogens with zero attached hydrogens (tertiary/aromatic N) is 3. The highest BCUT2D eigenvalue weighted by atomic mass is 32.1. The normalized spacial score (nSPS) is 10.9. The average Bonchev–Trinajstić information content (AvgIpc) is 2.65. The van der Waals surface area contributed by atoms with Crippen molar-refractivity contribution in [2.24, 2.45) is 0 Å². The highest BCUT2D eigenvalue weighted by Crippen LogP contribution is 2.24. The molecule has 0 amide bonds. The first-order valence-corrected chi connectivity index (χ1v) is 4.70. The lowest BCUT2D eigenvalue weighted by Crippen LogP contribution is -2.01. The number of aromatic nitrogens is 4. The molecule has 0 aliphatic rings. The van der Waals surface area contributed by atoms with Gasteiger partial charge in [-0.15, -0.1) is 0 Å². The van der Waals surface area contributed by atoms with Crippen LogP contribution in [-0.4, -0.2) is 35.5 Å². The Morgan fingerprint density at radius 3 is 2.69 bits per heavy atom. The van der Waals surface area contributed by atoms with Crippen molar-refractivity contribution >= 4 is 12.2 Å². The largest absolute Gasteiger partial charge is 0.506 e. The molecule has 2 rings (SSSR count). The van der Waals surface area contributed by atoms with Crippen molar-refractivity contribution in [2.45, 2.75) is 6.29 Å². The third-order valence-electron chi connectivity index (χ3n) is 2.01. The van der Waals surface area contributed by atoms with E-state index in [1.54, 1.807) is 0 Å². The van der Waals surface area contributed by atoms with Gasteiger partial charge in [-0.2, -0.15) is 5.21 Å². The second-order valence-electron chi connectivity index (χ2n) is 3.04. The monoisotopic (exact) mass is 240 g/mol. The fourth-order valence-electron chi connectivity index (χ4n) is 1.23. The van der Waals surface area contributed by atoms with Gasteiger partial charge < -0.3 is 15.3 Å². The average molecular weight is 240 g/mol. The minimum absolute atomic E-state index is 0.0773. The van der Waals surface area contributed by atoms with E-state index in [0.717, 1.165) is 0 Å². The van der Waals surface area contributed by atoms with Crippen LogP contribution in [0, 0.1) is 4.77 Å². The van der Waals surface area contributed by atoms with Crippen molar-refractivity contribution in [3.05, 3.63) is 28.5 Å². The summed E-state index contributed by atoms with van der Waals surface area (Å²) in [6, 6.07) is 4.08. The molecule has 0 bridgehead atoms. The maximum atomic E-state index is 9.61. The highest BCUT2D eigenvalue weighted by Gasteiger charge is 2.10. The number of aromatic hydroxyl groups is 1. The first kappa shape index (κ1) is 10.7. The fraction of sp³-hybridized carbons (Fsp3) is 0.125. The summed E-state index contributed by atoms with van der Waals surface area (Å²) < 4.78 is 1.37. The molecule has 0 saturated carbocycles. The quantitative estimate of drug-likeness (QED) is 0.435. The van der Waals surface area contributed by atoms with Crippen LogP contribution in [-0.2, 0) is 0 Å². The molecule has 16 heavy (non-hydrogen) atoms. The van der Waals surface area contributed by atoms with Crippen LogP contribution in [0.25, 0.3) is 5.69 Å². The summed E-state index contributed by atoms with van der Waals surface area (Å²) in [6.07, 6.45) is -1.62. The number of H-pyrrole nitrogens is 1. The molecule has 0 aliphatic heterocycles. The number of phenols is 1. The van der Waals surface area contributed by atoms with Gasteiger partial charge in [0, 0.05) is 5.56 Å². The van der Waals surface area contributed by atoms with Crippen LogP contribution in [0.15, 0.2) is 18.2 Å². The lowest BCUT2D eigenvalue weighted by atomic mass is 10.2. The highest BCUT2D eigenvalue weighted by molar-refractivity contribution is 7.71. The Balaban J connectivity index is 2.60. The molecule has 4 N–H and O–H groups in total. The second kappa shape index (κ2) is 4.00. The molecule has 0 radical (unpaired) electrons. The van der Waals surface area contributed by atoms with Crippen molar-refractivity contribution in [1.29, 1.82) is 0 Å². The van der Waals surface area contributed by atoms with Crippen LogP contribution in [0.5, 0.6) is 5.75 Å². The molecule has 1 aromatic carbocycles. The Labute approximate surface area is 94.6 Å². The van der Waals surface area contributed by atoms with E-state index in [0.29, 0.717) is 0 Å². The Bertz CT molecular complexity index is 562.